The normalized spacial score (nSPS) is 35.0. The van der Waals surface area contributed by atoms with E-state index in [9.17, 15) is 14.4 Å². The molecule has 0 aromatic carbocycles. The molecule has 2 aliphatic carbocycles. The Kier molecular flexibility index (Phi) is 6.63. The molecule has 1 saturated heterocycles. The van der Waals surface area contributed by atoms with Crippen LogP contribution in [0.25, 0.3) is 0 Å². The Bertz CT molecular complexity index is 731. The first-order chi connectivity index (χ1) is 14.1. The molecule has 1 spiro atoms. The van der Waals surface area contributed by atoms with Gasteiger partial charge in [0.05, 0.1) is 7.11 Å². The Hall–Kier alpha value is -1.85. The van der Waals surface area contributed by atoms with Crippen LogP contribution < -0.4 is 5.32 Å². The van der Waals surface area contributed by atoms with Crippen molar-refractivity contribution < 1.29 is 19.1 Å². The molecule has 1 saturated carbocycles. The number of likely N-dealkylation sites (tertiary alicyclic amines) is 1. The Labute approximate surface area is 180 Å². The predicted molar refractivity (Wildman–Crippen MR) is 115 cm³/mol. The van der Waals surface area contributed by atoms with E-state index in [1.165, 1.54) is 24.0 Å². The maximum atomic E-state index is 13.4. The highest BCUT2D eigenvalue weighted by molar-refractivity contribution is 5.93. The van der Waals surface area contributed by atoms with Gasteiger partial charge in [-0.05, 0) is 63.7 Å². The van der Waals surface area contributed by atoms with Crippen LogP contribution in [-0.2, 0) is 19.1 Å². The molecule has 0 aromatic heterocycles. The van der Waals surface area contributed by atoms with Gasteiger partial charge in [0, 0.05) is 17.9 Å². The van der Waals surface area contributed by atoms with Crippen LogP contribution in [0.2, 0.25) is 0 Å². The summed E-state index contributed by atoms with van der Waals surface area (Å²) < 4.78 is 4.87. The van der Waals surface area contributed by atoms with E-state index in [0.29, 0.717) is 24.2 Å². The van der Waals surface area contributed by atoms with E-state index in [1.54, 1.807) is 6.92 Å². The summed E-state index contributed by atoms with van der Waals surface area (Å²) >= 11 is 0. The fraction of sp³-hybridized carbons (Fsp3) is 0.792. The van der Waals surface area contributed by atoms with Gasteiger partial charge in [-0.25, -0.2) is 4.79 Å². The number of nitrogens with zero attached hydrogens (tertiary/aromatic N) is 1. The van der Waals surface area contributed by atoms with Gasteiger partial charge in [0.1, 0.15) is 12.1 Å². The number of hydrogen-bond donors (Lipinski definition) is 1. The number of rotatable bonds is 5. The topological polar surface area (TPSA) is 75.7 Å². The highest BCUT2D eigenvalue weighted by atomic mass is 16.5. The maximum Gasteiger partial charge on any atom is 0.328 e. The number of hydrogen-bond acceptors (Lipinski definition) is 4. The fourth-order valence-corrected chi connectivity index (χ4v) is 6.15. The summed E-state index contributed by atoms with van der Waals surface area (Å²) in [6.07, 6.45) is 7.51. The van der Waals surface area contributed by atoms with E-state index in [4.69, 9.17) is 4.74 Å². The van der Waals surface area contributed by atoms with E-state index in [1.807, 2.05) is 0 Å². The van der Waals surface area contributed by atoms with E-state index in [2.05, 4.69) is 39.1 Å². The number of amides is 2. The molecule has 6 heteroatoms. The van der Waals surface area contributed by atoms with Crippen molar-refractivity contribution in [3.63, 3.8) is 0 Å². The van der Waals surface area contributed by atoms with Gasteiger partial charge in [0.2, 0.25) is 11.8 Å². The Balaban J connectivity index is 1.86. The van der Waals surface area contributed by atoms with Gasteiger partial charge in [0.25, 0.3) is 0 Å². The summed E-state index contributed by atoms with van der Waals surface area (Å²) in [7, 11) is 1.32. The summed E-state index contributed by atoms with van der Waals surface area (Å²) in [5, 5.41) is 3.38. The number of carbonyl (C=O) groups excluding carboxylic acids is 3. The first-order valence-electron chi connectivity index (χ1n) is 11.5. The van der Waals surface area contributed by atoms with E-state index in [0.717, 1.165) is 19.3 Å². The molecular formula is C24H38N2O4. The summed E-state index contributed by atoms with van der Waals surface area (Å²) in [5.74, 6) is 0.586. The first kappa shape index (κ1) is 22.8. The monoisotopic (exact) mass is 418 g/mol. The highest BCUT2D eigenvalue weighted by Gasteiger charge is 2.52. The summed E-state index contributed by atoms with van der Waals surface area (Å²) in [4.78, 5) is 39.5. The van der Waals surface area contributed by atoms with Gasteiger partial charge >= 0.3 is 5.97 Å². The molecule has 2 fully saturated rings. The highest BCUT2D eigenvalue weighted by Crippen LogP contribution is 2.53. The Morgan fingerprint density at radius 1 is 1.20 bits per heavy atom. The minimum atomic E-state index is -0.697. The van der Waals surface area contributed by atoms with Gasteiger partial charge in [-0.15, -0.1) is 0 Å². The van der Waals surface area contributed by atoms with Crippen molar-refractivity contribution in [3.8, 4) is 0 Å². The molecule has 0 unspecified atom stereocenters. The molecule has 2 amide bonds. The van der Waals surface area contributed by atoms with Gasteiger partial charge in [-0.1, -0.05) is 32.4 Å². The van der Waals surface area contributed by atoms with E-state index in [-0.39, 0.29) is 29.7 Å². The zero-order valence-electron chi connectivity index (χ0n) is 19.4. The van der Waals surface area contributed by atoms with Crippen LogP contribution >= 0.6 is 0 Å². The van der Waals surface area contributed by atoms with E-state index >= 15 is 0 Å². The first-order valence-corrected chi connectivity index (χ1v) is 11.5. The van der Waals surface area contributed by atoms with Crippen molar-refractivity contribution >= 4 is 17.8 Å². The molecule has 1 heterocycles. The lowest BCUT2D eigenvalue weighted by Gasteiger charge is -2.51. The number of esters is 1. The minimum Gasteiger partial charge on any atom is -0.467 e. The van der Waals surface area contributed by atoms with Crippen molar-refractivity contribution in [2.24, 2.45) is 23.2 Å². The molecule has 3 rings (SSSR count). The van der Waals surface area contributed by atoms with Crippen LogP contribution in [0.4, 0.5) is 0 Å². The Morgan fingerprint density at radius 2 is 1.90 bits per heavy atom. The van der Waals surface area contributed by atoms with Crippen LogP contribution in [0.3, 0.4) is 0 Å². The second-order valence-corrected chi connectivity index (χ2v) is 10.0. The lowest BCUT2D eigenvalue weighted by Crippen LogP contribution is -2.60. The van der Waals surface area contributed by atoms with Crippen molar-refractivity contribution in [1.29, 1.82) is 0 Å². The molecule has 6 nitrogen and oxygen atoms in total. The third-order valence-electron chi connectivity index (χ3n) is 8.00. The van der Waals surface area contributed by atoms with Gasteiger partial charge in [-0.2, -0.15) is 0 Å². The average Bonchev–Trinajstić information content (AvgIpc) is 3.28. The maximum absolute atomic E-state index is 13.4. The smallest absolute Gasteiger partial charge is 0.328 e. The molecule has 1 aliphatic heterocycles. The van der Waals surface area contributed by atoms with Crippen LogP contribution in [0.1, 0.15) is 73.1 Å². The van der Waals surface area contributed by atoms with Crippen LogP contribution in [0.5, 0.6) is 0 Å². The molecular weight excluding hydrogens is 380 g/mol. The number of ether oxygens (including phenoxy) is 1. The second kappa shape index (κ2) is 8.72. The van der Waals surface area contributed by atoms with Gasteiger partial charge < -0.3 is 15.0 Å². The number of carbonyl (C=O) groups is 3. The Morgan fingerprint density at radius 3 is 2.47 bits per heavy atom. The number of allylic oxidation sites excluding steroid dienone is 1. The lowest BCUT2D eigenvalue weighted by molar-refractivity contribution is -0.152. The minimum absolute atomic E-state index is 0.0244. The van der Waals surface area contributed by atoms with Crippen molar-refractivity contribution in [2.45, 2.75) is 91.3 Å². The molecule has 0 bridgehead atoms. The molecule has 168 valence electrons. The molecule has 3 aliphatic rings. The van der Waals surface area contributed by atoms with Gasteiger partial charge in [0.15, 0.2) is 0 Å². The molecule has 0 aromatic rings. The average molecular weight is 419 g/mol. The van der Waals surface area contributed by atoms with Crippen molar-refractivity contribution in [3.05, 3.63) is 11.6 Å². The summed E-state index contributed by atoms with van der Waals surface area (Å²) in [6, 6.07) is -1.32. The quantitative estimate of drug-likeness (QED) is 0.548. The molecule has 6 atom stereocenters. The predicted octanol–water partition coefficient (Wildman–Crippen LogP) is 3.45. The third-order valence-corrected chi connectivity index (χ3v) is 8.00. The van der Waals surface area contributed by atoms with E-state index < -0.39 is 18.1 Å². The van der Waals surface area contributed by atoms with Crippen molar-refractivity contribution in [1.82, 2.24) is 10.2 Å². The van der Waals surface area contributed by atoms with Crippen LogP contribution in [-0.4, -0.2) is 47.9 Å². The summed E-state index contributed by atoms with van der Waals surface area (Å²) in [5.41, 5.74) is 1.38. The van der Waals surface area contributed by atoms with Crippen LogP contribution in [0.15, 0.2) is 11.6 Å². The standard InChI is InChI=1S/C24H38N2O4/c1-14(2)18-8-7-16(4)24(12-11-15(3)13-24)21(18)25-22(28)17(5)26-19(23(29)30-6)9-10-20(26)27/h13-14,16-19,21H,7-12H2,1-6H3,(H,25,28)/t16-,17-,18+,19+,21-,24-/m1/s1. The van der Waals surface area contributed by atoms with Gasteiger partial charge in [-0.3, -0.25) is 9.59 Å². The SMILES string of the molecule is COC(=O)[C@@H]1CCC(=O)N1[C@H](C)C(=O)N[C@@H]1[C@H](C(C)C)CC[C@@H](C)[C@@]12C=C(C)CC2. The molecule has 1 N–H and O–H groups in total. The largest absolute Gasteiger partial charge is 0.467 e. The van der Waals surface area contributed by atoms with Crippen molar-refractivity contribution in [2.75, 3.05) is 7.11 Å². The summed E-state index contributed by atoms with van der Waals surface area (Å²) in [6.45, 7) is 10.7. The molecule has 0 radical (unpaired) electrons. The fourth-order valence-electron chi connectivity index (χ4n) is 6.15. The molecule has 30 heavy (non-hydrogen) atoms. The van der Waals surface area contributed by atoms with Crippen LogP contribution in [0, 0.1) is 23.2 Å². The number of methoxy groups -OCH3 is 1. The lowest BCUT2D eigenvalue weighted by atomic mass is 9.58. The number of nitrogens with one attached hydrogen (secondary N) is 1. The second-order valence-electron chi connectivity index (χ2n) is 10.0. The zero-order valence-corrected chi connectivity index (χ0v) is 19.4. The zero-order chi connectivity index (χ0) is 22.2. The third kappa shape index (κ3) is 3.90.